The first-order valence-corrected chi connectivity index (χ1v) is 6.87. The molecule has 0 spiro atoms. The zero-order valence-corrected chi connectivity index (χ0v) is 11.8. The number of thiazole rings is 1. The lowest BCUT2D eigenvalue weighted by Gasteiger charge is -2.32. The van der Waals surface area contributed by atoms with Gasteiger partial charge in [-0.15, -0.1) is 11.3 Å². The molecule has 1 aliphatic rings. The molecular weight excluding hydrogens is 266 g/mol. The Hall–Kier alpha value is -1.76. The largest absolute Gasteiger partial charge is 0.331 e. The third-order valence-corrected chi connectivity index (χ3v) is 4.18. The smallest absolute Gasteiger partial charge is 0.277 e. The molecule has 0 bridgehead atoms. The second-order valence-corrected chi connectivity index (χ2v) is 5.71. The standard InChI is InChI=1S/C12H15N3O3S/c1-4-8-9(16)14-12(18)15(11(8)17)7(3)10-13-5-6(2)19-10/h5,7-8H,4H2,1-3H3,(H,14,16,18). The summed E-state index contributed by atoms with van der Waals surface area (Å²) in [6.45, 7) is 5.39. The summed E-state index contributed by atoms with van der Waals surface area (Å²) in [4.78, 5) is 41.9. The number of rotatable bonds is 3. The van der Waals surface area contributed by atoms with E-state index in [-0.39, 0.29) is 0 Å². The molecule has 0 aliphatic carbocycles. The Morgan fingerprint density at radius 1 is 1.47 bits per heavy atom. The first-order chi connectivity index (χ1) is 8.95. The van der Waals surface area contributed by atoms with E-state index in [1.165, 1.54) is 11.3 Å². The molecule has 2 atom stereocenters. The van der Waals surface area contributed by atoms with Gasteiger partial charge in [-0.25, -0.2) is 9.78 Å². The monoisotopic (exact) mass is 281 g/mol. The topological polar surface area (TPSA) is 79.4 Å². The Labute approximate surface area is 114 Å². The van der Waals surface area contributed by atoms with E-state index in [9.17, 15) is 14.4 Å². The zero-order chi connectivity index (χ0) is 14.2. The van der Waals surface area contributed by atoms with Gasteiger partial charge in [0.1, 0.15) is 10.9 Å². The second kappa shape index (κ2) is 5.08. The number of nitrogens with zero attached hydrogens (tertiary/aromatic N) is 2. The Balaban J connectivity index is 2.29. The van der Waals surface area contributed by atoms with Crippen molar-refractivity contribution in [3.05, 3.63) is 16.1 Å². The van der Waals surface area contributed by atoms with Crippen LogP contribution in [0.1, 0.15) is 36.2 Å². The number of aromatic nitrogens is 1. The molecule has 1 N–H and O–H groups in total. The summed E-state index contributed by atoms with van der Waals surface area (Å²) in [6.07, 6.45) is 2.07. The van der Waals surface area contributed by atoms with E-state index in [0.717, 1.165) is 9.78 Å². The van der Waals surface area contributed by atoms with Gasteiger partial charge in [0.25, 0.3) is 0 Å². The number of hydrogen-bond acceptors (Lipinski definition) is 5. The van der Waals surface area contributed by atoms with Crippen LogP contribution >= 0.6 is 11.3 Å². The van der Waals surface area contributed by atoms with Gasteiger partial charge in [-0.2, -0.15) is 0 Å². The predicted octanol–water partition coefficient (Wildman–Crippen LogP) is 1.62. The van der Waals surface area contributed by atoms with Crippen LogP contribution in [0.2, 0.25) is 0 Å². The summed E-state index contributed by atoms with van der Waals surface area (Å²) in [5.41, 5.74) is 0. The summed E-state index contributed by atoms with van der Waals surface area (Å²) in [5.74, 6) is -1.76. The van der Waals surface area contributed by atoms with Gasteiger partial charge in [-0.05, 0) is 20.3 Å². The van der Waals surface area contributed by atoms with Crippen molar-refractivity contribution >= 4 is 29.2 Å². The van der Waals surface area contributed by atoms with Crippen molar-refractivity contribution in [2.75, 3.05) is 0 Å². The average Bonchev–Trinajstić information content (AvgIpc) is 2.75. The van der Waals surface area contributed by atoms with Crippen molar-refractivity contribution in [1.29, 1.82) is 0 Å². The first-order valence-electron chi connectivity index (χ1n) is 6.06. The first kappa shape index (κ1) is 13.7. The van der Waals surface area contributed by atoms with E-state index >= 15 is 0 Å². The van der Waals surface area contributed by atoms with Crippen molar-refractivity contribution < 1.29 is 14.4 Å². The highest BCUT2D eigenvalue weighted by molar-refractivity contribution is 7.11. The van der Waals surface area contributed by atoms with Gasteiger partial charge < -0.3 is 0 Å². The van der Waals surface area contributed by atoms with E-state index < -0.39 is 29.8 Å². The molecule has 1 aromatic heterocycles. The number of aryl methyl sites for hydroxylation is 1. The third-order valence-electron chi connectivity index (χ3n) is 3.09. The van der Waals surface area contributed by atoms with Crippen molar-refractivity contribution in [1.82, 2.24) is 15.2 Å². The van der Waals surface area contributed by atoms with Gasteiger partial charge in [0.05, 0.1) is 6.04 Å². The van der Waals surface area contributed by atoms with Crippen molar-refractivity contribution in [3.8, 4) is 0 Å². The van der Waals surface area contributed by atoms with E-state index in [1.54, 1.807) is 20.0 Å². The Bertz CT molecular complexity index is 540. The van der Waals surface area contributed by atoms with Crippen molar-refractivity contribution in [2.45, 2.75) is 33.2 Å². The molecule has 1 aromatic rings. The van der Waals surface area contributed by atoms with Crippen LogP contribution in [0.25, 0.3) is 0 Å². The molecule has 2 unspecified atom stereocenters. The maximum absolute atomic E-state index is 12.2. The fraction of sp³-hybridized carbons (Fsp3) is 0.500. The molecule has 7 heteroatoms. The van der Waals surface area contributed by atoms with Gasteiger partial charge in [-0.1, -0.05) is 6.92 Å². The Morgan fingerprint density at radius 3 is 2.68 bits per heavy atom. The molecule has 0 saturated carbocycles. The summed E-state index contributed by atoms with van der Waals surface area (Å²) >= 11 is 1.43. The highest BCUT2D eigenvalue weighted by Gasteiger charge is 2.42. The summed E-state index contributed by atoms with van der Waals surface area (Å²) in [5, 5.41) is 2.91. The minimum absolute atomic E-state index is 0.373. The number of nitrogens with one attached hydrogen (secondary N) is 1. The number of urea groups is 1. The average molecular weight is 281 g/mol. The fourth-order valence-electron chi connectivity index (χ4n) is 2.04. The molecular formula is C12H15N3O3S. The summed E-state index contributed by atoms with van der Waals surface area (Å²) < 4.78 is 0. The van der Waals surface area contributed by atoms with E-state index in [1.807, 2.05) is 6.92 Å². The quantitative estimate of drug-likeness (QED) is 0.854. The highest BCUT2D eigenvalue weighted by Crippen LogP contribution is 2.28. The molecule has 2 heterocycles. The molecule has 1 aliphatic heterocycles. The number of barbiturate groups is 1. The predicted molar refractivity (Wildman–Crippen MR) is 69.4 cm³/mol. The lowest BCUT2D eigenvalue weighted by Crippen LogP contribution is -2.58. The molecule has 1 saturated heterocycles. The molecule has 19 heavy (non-hydrogen) atoms. The third kappa shape index (κ3) is 2.37. The Kier molecular flexibility index (Phi) is 3.66. The number of carbonyl (C=O) groups excluding carboxylic acids is 3. The van der Waals surface area contributed by atoms with Crippen LogP contribution < -0.4 is 5.32 Å². The minimum Gasteiger partial charge on any atom is -0.277 e. The molecule has 4 amide bonds. The van der Waals surface area contributed by atoms with Crippen LogP contribution in [0, 0.1) is 12.8 Å². The zero-order valence-electron chi connectivity index (χ0n) is 11.0. The maximum Gasteiger partial charge on any atom is 0.331 e. The highest BCUT2D eigenvalue weighted by atomic mass is 32.1. The minimum atomic E-state index is -0.791. The SMILES string of the molecule is CCC1C(=O)NC(=O)N(C(C)c2ncc(C)s2)C1=O. The lowest BCUT2D eigenvalue weighted by atomic mass is 10.0. The number of carbonyl (C=O) groups is 3. The lowest BCUT2D eigenvalue weighted by molar-refractivity contribution is -0.144. The molecule has 0 aromatic carbocycles. The van der Waals surface area contributed by atoms with E-state index in [4.69, 9.17) is 0 Å². The number of hydrogen-bond donors (Lipinski definition) is 1. The fourth-order valence-corrected chi connectivity index (χ4v) is 2.85. The van der Waals surface area contributed by atoms with E-state index in [0.29, 0.717) is 11.4 Å². The van der Waals surface area contributed by atoms with Gasteiger partial charge >= 0.3 is 6.03 Å². The van der Waals surface area contributed by atoms with Gasteiger partial charge in [0, 0.05) is 11.1 Å². The summed E-state index contributed by atoms with van der Waals surface area (Å²) in [6, 6.07) is -1.13. The van der Waals surface area contributed by atoms with Crippen LogP contribution in [-0.4, -0.2) is 27.7 Å². The molecule has 2 rings (SSSR count). The Morgan fingerprint density at radius 2 is 2.16 bits per heavy atom. The molecule has 102 valence electrons. The van der Waals surface area contributed by atoms with Gasteiger partial charge in [0.2, 0.25) is 11.8 Å². The van der Waals surface area contributed by atoms with Crippen molar-refractivity contribution in [3.63, 3.8) is 0 Å². The number of amides is 4. The molecule has 1 fully saturated rings. The van der Waals surface area contributed by atoms with Gasteiger partial charge in [0.15, 0.2) is 0 Å². The number of imide groups is 2. The maximum atomic E-state index is 12.2. The molecule has 0 radical (unpaired) electrons. The summed E-state index contributed by atoms with van der Waals surface area (Å²) in [7, 11) is 0. The van der Waals surface area contributed by atoms with Crippen LogP contribution in [0.5, 0.6) is 0 Å². The second-order valence-electron chi connectivity index (χ2n) is 4.45. The van der Waals surface area contributed by atoms with E-state index in [2.05, 4.69) is 10.3 Å². The van der Waals surface area contributed by atoms with Gasteiger partial charge in [-0.3, -0.25) is 19.8 Å². The van der Waals surface area contributed by atoms with Crippen molar-refractivity contribution in [2.24, 2.45) is 5.92 Å². The van der Waals surface area contributed by atoms with Crippen LogP contribution in [0.15, 0.2) is 6.20 Å². The van der Waals surface area contributed by atoms with Crippen LogP contribution in [0.3, 0.4) is 0 Å². The van der Waals surface area contributed by atoms with Crippen LogP contribution in [0.4, 0.5) is 4.79 Å². The molecule has 6 nitrogen and oxygen atoms in total. The van der Waals surface area contributed by atoms with Crippen LogP contribution in [-0.2, 0) is 9.59 Å². The normalized spacial score (nSPS) is 21.5.